The first-order chi connectivity index (χ1) is 13.5. The number of rotatable bonds is 9. The molecule has 0 aliphatic heterocycles. The number of unbranched alkanes of at least 4 members (excludes halogenated alkanes) is 1. The zero-order valence-electron chi connectivity index (χ0n) is 16.5. The Morgan fingerprint density at radius 3 is 1.96 bits per heavy atom. The Labute approximate surface area is 187 Å². The highest BCUT2D eigenvalue weighted by atomic mass is 79.9. The lowest BCUT2D eigenvalue weighted by Crippen LogP contribution is -2.67. The second-order valence-corrected chi connectivity index (χ2v) is 15.1. The van der Waals surface area contributed by atoms with E-state index in [1.54, 1.807) is 0 Å². The Balaban J connectivity index is 1.60. The van der Waals surface area contributed by atoms with E-state index >= 15 is 0 Å². The van der Waals surface area contributed by atoms with Crippen LogP contribution in [0.3, 0.4) is 0 Å². The van der Waals surface area contributed by atoms with Crippen LogP contribution in [0, 0.1) is 10.8 Å². The summed E-state index contributed by atoms with van der Waals surface area (Å²) >= 11 is 7.08. The molecule has 2 aromatic carbocycles. The maximum Gasteiger partial charge on any atom is 0.255 e. The second kappa shape index (κ2) is 8.21. The fourth-order valence-corrected chi connectivity index (χ4v) is 10.7. The fraction of sp³-hybridized carbons (Fsp3) is 0.417. The summed E-state index contributed by atoms with van der Waals surface area (Å²) in [7, 11) is -2.23. The molecule has 0 heterocycles. The first kappa shape index (κ1) is 20.6. The number of benzene rings is 2. The summed E-state index contributed by atoms with van der Waals surface area (Å²) in [5.74, 6) is 0. The van der Waals surface area contributed by atoms with E-state index in [4.69, 9.17) is 4.43 Å². The zero-order chi connectivity index (χ0) is 19.7. The molecule has 2 aromatic rings. The lowest BCUT2D eigenvalue weighted by molar-refractivity contribution is -0.188. The normalized spacial score (nSPS) is 25.5. The van der Waals surface area contributed by atoms with Crippen molar-refractivity contribution in [1.82, 2.24) is 0 Å². The van der Waals surface area contributed by atoms with Crippen molar-refractivity contribution < 1.29 is 4.43 Å². The molecule has 28 heavy (non-hydrogen) atoms. The number of hydrogen-bond donors (Lipinski definition) is 0. The van der Waals surface area contributed by atoms with Crippen LogP contribution in [0.2, 0.25) is 6.04 Å². The molecule has 148 valence electrons. The molecule has 0 radical (unpaired) electrons. The van der Waals surface area contributed by atoms with Crippen LogP contribution in [-0.4, -0.2) is 14.9 Å². The number of halogens is 2. The molecule has 0 N–H and O–H groups in total. The minimum Gasteiger partial charge on any atom is -0.407 e. The Bertz CT molecular complexity index is 771. The van der Waals surface area contributed by atoms with Crippen molar-refractivity contribution in [2.45, 2.75) is 45.1 Å². The molecule has 3 saturated carbocycles. The van der Waals surface area contributed by atoms with Crippen LogP contribution in [0.25, 0.3) is 0 Å². The summed E-state index contributed by atoms with van der Waals surface area (Å²) in [6.45, 7) is 3.19. The third-order valence-corrected chi connectivity index (χ3v) is 11.3. The number of hydrogen-bond acceptors (Lipinski definition) is 1. The minimum absolute atomic E-state index is 0.403. The monoisotopic (exact) mass is 518 g/mol. The van der Waals surface area contributed by atoms with Crippen molar-refractivity contribution in [2.75, 3.05) is 6.61 Å². The van der Waals surface area contributed by atoms with Crippen LogP contribution < -0.4 is 10.4 Å². The molecule has 0 spiro atoms. The largest absolute Gasteiger partial charge is 0.407 e. The summed E-state index contributed by atoms with van der Waals surface area (Å²) in [5.41, 5.74) is 0.818. The van der Waals surface area contributed by atoms with E-state index < -0.39 is 8.32 Å². The van der Waals surface area contributed by atoms with Crippen molar-refractivity contribution in [3.63, 3.8) is 0 Å². The van der Waals surface area contributed by atoms with Crippen LogP contribution >= 0.6 is 31.9 Å². The Morgan fingerprint density at radius 1 is 0.964 bits per heavy atom. The third-order valence-electron chi connectivity index (χ3n) is 6.58. The van der Waals surface area contributed by atoms with Crippen LogP contribution in [0.15, 0.2) is 70.1 Å². The summed E-state index contributed by atoms with van der Waals surface area (Å²) in [5, 5.41) is 2.83. The molecule has 0 aromatic heterocycles. The van der Waals surface area contributed by atoms with E-state index in [0.29, 0.717) is 10.8 Å². The molecule has 4 heteroatoms. The summed E-state index contributed by atoms with van der Waals surface area (Å²) in [6.07, 6.45) is 8.57. The summed E-state index contributed by atoms with van der Waals surface area (Å²) in [6, 6.07) is 23.2. The van der Waals surface area contributed by atoms with E-state index in [9.17, 15) is 0 Å². The highest BCUT2D eigenvalue weighted by Gasteiger charge is 2.66. The highest BCUT2D eigenvalue weighted by molar-refractivity contribution is 9.28. The van der Waals surface area contributed by atoms with Crippen molar-refractivity contribution in [1.29, 1.82) is 0 Å². The predicted octanol–water partition coefficient (Wildman–Crippen LogP) is 6.36. The topological polar surface area (TPSA) is 9.23 Å². The molecule has 1 nitrogen and oxygen atoms in total. The van der Waals surface area contributed by atoms with Crippen LogP contribution in [0.1, 0.15) is 39.0 Å². The van der Waals surface area contributed by atoms with Gasteiger partial charge in [0.15, 0.2) is 0 Å². The highest BCUT2D eigenvalue weighted by Crippen LogP contribution is 2.74. The van der Waals surface area contributed by atoms with Gasteiger partial charge in [-0.15, -0.1) is 0 Å². The average molecular weight is 520 g/mol. The second-order valence-electron chi connectivity index (χ2n) is 8.78. The molecule has 0 unspecified atom stereocenters. The number of allylic oxidation sites excluding steroid dienone is 1. The Hall–Kier alpha value is -0.683. The Kier molecular flexibility index (Phi) is 6.04. The fourth-order valence-electron chi connectivity index (χ4n) is 5.43. The predicted molar refractivity (Wildman–Crippen MR) is 128 cm³/mol. The van der Waals surface area contributed by atoms with E-state index in [-0.39, 0.29) is 0 Å². The minimum atomic E-state index is -2.23. The van der Waals surface area contributed by atoms with E-state index in [0.717, 1.165) is 16.0 Å². The van der Waals surface area contributed by atoms with Gasteiger partial charge in [0, 0.05) is 6.61 Å². The molecule has 2 bridgehead atoms. The van der Waals surface area contributed by atoms with E-state index in [1.807, 2.05) is 0 Å². The van der Waals surface area contributed by atoms with Gasteiger partial charge in [-0.1, -0.05) is 86.5 Å². The summed E-state index contributed by atoms with van der Waals surface area (Å²) in [4.78, 5) is 0. The molecule has 5 rings (SSSR count). The van der Waals surface area contributed by atoms with Gasteiger partial charge >= 0.3 is 0 Å². The van der Waals surface area contributed by atoms with E-state index in [2.05, 4.69) is 106 Å². The van der Waals surface area contributed by atoms with Gasteiger partial charge in [0.2, 0.25) is 0 Å². The first-order valence-electron chi connectivity index (χ1n) is 10.3. The van der Waals surface area contributed by atoms with Crippen molar-refractivity contribution >= 4 is 50.6 Å². The van der Waals surface area contributed by atoms with Crippen LogP contribution in [-0.2, 0) is 4.43 Å². The van der Waals surface area contributed by atoms with Gasteiger partial charge < -0.3 is 4.43 Å². The van der Waals surface area contributed by atoms with E-state index in [1.165, 1.54) is 42.5 Å². The maximum absolute atomic E-state index is 7.09. The molecule has 3 fully saturated rings. The van der Waals surface area contributed by atoms with Gasteiger partial charge in [0.05, 0.1) is 3.39 Å². The standard InChI is InChI=1S/C24H28Br2OSi/c1-2-3-14-28(20-10-6-4-7-11-20,21-12-8-5-9-13-21)27-19-24-16-23(17-24,18-24)15-22(25)26/h4-13,15H,2-3,14,16-19H2,1H3. The SMILES string of the molecule is CCCC[Si](OCC12CC(C=C(Br)Br)(C1)C2)(c1ccccc1)c1ccccc1. The quantitative estimate of drug-likeness (QED) is 0.350. The molecule has 0 saturated heterocycles. The average Bonchev–Trinajstić information content (AvgIpc) is 2.66. The molecular weight excluding hydrogens is 492 g/mol. The lowest BCUT2D eigenvalue weighted by Gasteiger charge is -2.70. The van der Waals surface area contributed by atoms with Gasteiger partial charge in [0.1, 0.15) is 0 Å². The molecule has 0 atom stereocenters. The van der Waals surface area contributed by atoms with Gasteiger partial charge in [0.25, 0.3) is 8.32 Å². The maximum atomic E-state index is 7.09. The van der Waals surface area contributed by atoms with Crippen molar-refractivity contribution in [3.8, 4) is 0 Å². The van der Waals surface area contributed by atoms with Crippen LogP contribution in [0.4, 0.5) is 0 Å². The third kappa shape index (κ3) is 3.85. The summed E-state index contributed by atoms with van der Waals surface area (Å²) < 4.78 is 8.19. The molecule has 3 aliphatic rings. The van der Waals surface area contributed by atoms with Gasteiger partial charge in [-0.25, -0.2) is 0 Å². The molecule has 3 aliphatic carbocycles. The van der Waals surface area contributed by atoms with Crippen LogP contribution in [0.5, 0.6) is 0 Å². The van der Waals surface area contributed by atoms with Crippen molar-refractivity contribution in [2.24, 2.45) is 10.8 Å². The van der Waals surface area contributed by atoms with Gasteiger partial charge in [-0.3, -0.25) is 0 Å². The lowest BCUT2D eigenvalue weighted by atomic mass is 9.35. The zero-order valence-corrected chi connectivity index (χ0v) is 20.6. The molecular formula is C24H28Br2OSi. The Morgan fingerprint density at radius 2 is 1.50 bits per heavy atom. The molecule has 0 amide bonds. The van der Waals surface area contributed by atoms with Gasteiger partial charge in [-0.2, -0.15) is 0 Å². The van der Waals surface area contributed by atoms with Gasteiger partial charge in [-0.05, 0) is 78.4 Å². The first-order valence-corrected chi connectivity index (χ1v) is 14.0. The smallest absolute Gasteiger partial charge is 0.255 e. The van der Waals surface area contributed by atoms with Crippen molar-refractivity contribution in [3.05, 3.63) is 70.1 Å².